The fraction of sp³-hybridized carbons (Fsp3) is 0.974. The van der Waals surface area contributed by atoms with Gasteiger partial charge in [0.1, 0.15) is 20.2 Å². The zero-order chi connectivity index (χ0) is 76.2. The maximum Gasteiger partial charge on any atom is 0.169 e. The first-order valence-electron chi connectivity index (χ1n) is 40.5. The van der Waals surface area contributed by atoms with E-state index in [0.29, 0.717) is 13.6 Å². The first-order chi connectivity index (χ1) is 48.5. The van der Waals surface area contributed by atoms with Crippen molar-refractivity contribution in [2.45, 2.75) is 283 Å². The summed E-state index contributed by atoms with van der Waals surface area (Å²) in [5, 5.41) is 12.7. The molecule has 0 spiro atoms. The number of ether oxygens (including phenoxy) is 11. The average molecular weight is 1460 g/mol. The molecule has 0 radical (unpaired) electrons. The SMILES string of the molecule is C1=NCCO1.C1=NCCS1.C1CCNC1.C1CCNCC1.C1CCOC1.C1CCOCC1.C1CCSC1.C1CCSCC1.C1COCCN1.C1COCCO1.C1COCN1.C1COCO1.C1COCOC1.CC.CC.CC.CC.CC.CC.CC.CC.CC.CC.CC.CC.CC. The minimum atomic E-state index is 0.500. The molecule has 13 aliphatic rings. The molecule has 4 N–H and O–H groups in total. The molecule has 11 fully saturated rings. The molecule has 13 aliphatic heterocycles. The third-order valence-electron chi connectivity index (χ3n) is 10.4. The molecule has 0 aromatic heterocycles. The third kappa shape index (κ3) is 168. The van der Waals surface area contributed by atoms with Gasteiger partial charge in [-0.25, -0.2) is 0 Å². The summed E-state index contributed by atoms with van der Waals surface area (Å²) in [6.07, 6.45) is 23.4. The summed E-state index contributed by atoms with van der Waals surface area (Å²) in [7, 11) is 0. The maximum absolute atomic E-state index is 5.07. The standard InChI is InChI=1S/C5H11N.C5H10O.C5H10S.C4H9NO.C4H9N.2C4H8O2.C4H8O.C4H8S.C3H7NO.C3H5NO.C3H5NS.C3H6O2.13C2H6/c3*1-2-4-6-5-3-1;1-3-6-4-2-5-1;1-2-4-5-3-1;1-2-6-4-3-5-1;1-2-5-4-6-3-1;2*1-2-4-5-3-1;4*1-2-5-3-4-1;13*1-2/h6H,1-5H2;2*1-5H2;5H,1-4H2;5H,1-4H2;2*1-4H2;2*1-4H2;4H,1-3H2;2*3H,1-2H2;1-3H2;13*1-2H3. The molecule has 0 amide bonds. The highest BCUT2D eigenvalue weighted by molar-refractivity contribution is 8.12. The van der Waals surface area contributed by atoms with Crippen molar-refractivity contribution in [1.29, 1.82) is 0 Å². The van der Waals surface area contributed by atoms with E-state index in [1.807, 2.05) is 186 Å². The van der Waals surface area contributed by atoms with Crippen LogP contribution in [0.15, 0.2) is 9.98 Å². The van der Waals surface area contributed by atoms with Gasteiger partial charge in [0.15, 0.2) is 6.40 Å². The molecule has 13 rings (SSSR count). The van der Waals surface area contributed by atoms with Gasteiger partial charge in [-0.15, -0.1) is 11.8 Å². The highest BCUT2D eigenvalue weighted by Crippen LogP contribution is 2.15. The van der Waals surface area contributed by atoms with Crippen molar-refractivity contribution in [3.8, 4) is 0 Å². The average Bonchev–Trinajstić information content (AvgIpc) is 4.60. The fourth-order valence-corrected chi connectivity index (χ4v) is 8.97. The monoisotopic (exact) mass is 1460 g/mol. The number of rotatable bonds is 0. The van der Waals surface area contributed by atoms with Gasteiger partial charge in [0.25, 0.3) is 0 Å². The van der Waals surface area contributed by atoms with Gasteiger partial charge in [-0.05, 0) is 139 Å². The number of piperidine rings is 1. The van der Waals surface area contributed by atoms with E-state index in [9.17, 15) is 0 Å². The lowest BCUT2D eigenvalue weighted by Crippen LogP contribution is -2.30. The minimum Gasteiger partial charge on any atom is -0.482 e. The predicted octanol–water partition coefficient (Wildman–Crippen LogP) is 20.3. The van der Waals surface area contributed by atoms with E-state index in [1.165, 1.54) is 158 Å². The topological polar surface area (TPSA) is 174 Å². The molecule has 0 aromatic rings. The van der Waals surface area contributed by atoms with E-state index < -0.39 is 0 Å². The Morgan fingerprint density at radius 2 is 0.536 bits per heavy atom. The molecule has 0 bridgehead atoms. The number of nitrogens with one attached hydrogen (secondary N) is 4. The summed E-state index contributed by atoms with van der Waals surface area (Å²) in [5.74, 6) is 6.86. The summed E-state index contributed by atoms with van der Waals surface area (Å²) in [6, 6.07) is 0. The van der Waals surface area contributed by atoms with Crippen LogP contribution in [-0.4, -0.2) is 226 Å². The largest absolute Gasteiger partial charge is 0.482 e. The summed E-state index contributed by atoms with van der Waals surface area (Å²) in [5.41, 5.74) is 1.90. The number of hydrogen-bond acceptors (Lipinski definition) is 20. The molecular formula is C77H182N6O11S3. The lowest BCUT2D eigenvalue weighted by atomic mass is 10.2. The van der Waals surface area contributed by atoms with Crippen LogP contribution < -0.4 is 21.3 Å². The molecule has 0 unspecified atom stereocenters. The Hall–Kier alpha value is -0.370. The van der Waals surface area contributed by atoms with E-state index >= 15 is 0 Å². The number of aliphatic imine (C=N–C) groups is 2. The van der Waals surface area contributed by atoms with Gasteiger partial charge in [-0.3, -0.25) is 15.3 Å². The minimum absolute atomic E-state index is 0.500. The summed E-state index contributed by atoms with van der Waals surface area (Å²) in [4.78, 5) is 7.66. The smallest absolute Gasteiger partial charge is 0.169 e. The van der Waals surface area contributed by atoms with Crippen LogP contribution in [0.4, 0.5) is 0 Å². The summed E-state index contributed by atoms with van der Waals surface area (Å²) >= 11 is 5.95. The van der Waals surface area contributed by atoms with Gasteiger partial charge in [0.2, 0.25) is 0 Å². The second-order valence-electron chi connectivity index (χ2n) is 16.9. The molecule has 97 heavy (non-hydrogen) atoms. The van der Waals surface area contributed by atoms with Crippen LogP contribution in [0.2, 0.25) is 0 Å². The van der Waals surface area contributed by atoms with Crippen LogP contribution in [0.3, 0.4) is 0 Å². The van der Waals surface area contributed by atoms with Crippen LogP contribution in [0.25, 0.3) is 0 Å². The first kappa shape index (κ1) is 126. The molecule has 0 saturated carbocycles. The van der Waals surface area contributed by atoms with E-state index in [4.69, 9.17) is 47.4 Å². The number of nitrogens with zero attached hydrogens (tertiary/aromatic N) is 2. The van der Waals surface area contributed by atoms with Gasteiger partial charge in [-0.2, -0.15) is 23.5 Å². The Morgan fingerprint density at radius 3 is 0.670 bits per heavy atom. The summed E-state index contributed by atoms with van der Waals surface area (Å²) < 4.78 is 53.5. The van der Waals surface area contributed by atoms with Crippen molar-refractivity contribution in [1.82, 2.24) is 21.3 Å². The van der Waals surface area contributed by atoms with Gasteiger partial charge in [0, 0.05) is 58.4 Å². The van der Waals surface area contributed by atoms with E-state index in [-0.39, 0.29) is 0 Å². The zero-order valence-electron chi connectivity index (χ0n) is 70.4. The van der Waals surface area contributed by atoms with Crippen molar-refractivity contribution in [3.05, 3.63) is 0 Å². The predicted molar refractivity (Wildman–Crippen MR) is 446 cm³/mol. The van der Waals surface area contributed by atoms with Crippen molar-refractivity contribution in [2.24, 2.45) is 9.98 Å². The molecule has 20 heteroatoms. The Balaban J connectivity index is -0.0000000697. The second-order valence-corrected chi connectivity index (χ2v) is 20.3. The lowest BCUT2D eigenvalue weighted by Gasteiger charge is -2.10. The Kier molecular flexibility index (Phi) is 224. The van der Waals surface area contributed by atoms with Crippen LogP contribution in [-0.2, 0) is 52.1 Å². The molecule has 17 nitrogen and oxygen atoms in total. The van der Waals surface area contributed by atoms with Gasteiger partial charge >= 0.3 is 0 Å². The van der Waals surface area contributed by atoms with E-state index in [1.54, 1.807) is 11.8 Å². The van der Waals surface area contributed by atoms with Gasteiger partial charge < -0.3 is 68.1 Å². The second kappa shape index (κ2) is 172. The van der Waals surface area contributed by atoms with E-state index in [0.717, 1.165) is 152 Å². The van der Waals surface area contributed by atoms with Crippen LogP contribution in [0.5, 0.6) is 0 Å². The third-order valence-corrected chi connectivity index (χ3v) is 13.5. The van der Waals surface area contributed by atoms with Crippen LogP contribution in [0.1, 0.15) is 283 Å². The highest BCUT2D eigenvalue weighted by atomic mass is 32.2. The van der Waals surface area contributed by atoms with Crippen molar-refractivity contribution >= 4 is 47.2 Å². The molecular weight excluding hydrogens is 1280 g/mol. The highest BCUT2D eigenvalue weighted by Gasteiger charge is 2.00. The number of thioether (sulfide) groups is 3. The van der Waals surface area contributed by atoms with E-state index in [2.05, 4.69) is 59.5 Å². The molecule has 13 heterocycles. The molecule has 0 aromatic carbocycles. The normalized spacial score (nSPS) is 18.0. The van der Waals surface area contributed by atoms with Gasteiger partial charge in [-0.1, -0.05) is 193 Å². The Bertz CT molecular complexity index is 726. The molecule has 0 atom stereocenters. The van der Waals surface area contributed by atoms with Gasteiger partial charge in [0.05, 0.1) is 91.5 Å². The quantitative estimate of drug-likeness (QED) is 0.180. The maximum atomic E-state index is 5.07. The number of hydrogen-bond donors (Lipinski definition) is 4. The molecule has 11 saturated heterocycles. The van der Waals surface area contributed by atoms with Crippen molar-refractivity contribution < 1.29 is 52.1 Å². The van der Waals surface area contributed by atoms with Crippen LogP contribution >= 0.6 is 35.3 Å². The Labute approximate surface area is 623 Å². The van der Waals surface area contributed by atoms with Crippen LogP contribution in [0, 0.1) is 0 Å². The lowest BCUT2D eigenvalue weighted by molar-refractivity contribution is -0.0963. The number of morpholine rings is 1. The first-order valence-corrected chi connectivity index (χ1v) is 43.8. The van der Waals surface area contributed by atoms with Crippen molar-refractivity contribution in [3.63, 3.8) is 0 Å². The van der Waals surface area contributed by atoms with Crippen molar-refractivity contribution in [2.75, 3.05) is 214 Å². The summed E-state index contributed by atoms with van der Waals surface area (Å²) in [6.45, 7) is 77.6. The molecule has 604 valence electrons. The zero-order valence-corrected chi connectivity index (χ0v) is 72.9. The fourth-order valence-electron chi connectivity index (χ4n) is 6.40. The Morgan fingerprint density at radius 1 is 0.237 bits per heavy atom. The molecule has 0 aliphatic carbocycles.